The number of hydrogen-bond donors (Lipinski definition) is 0. The fourth-order valence-corrected chi connectivity index (χ4v) is 8.34. The van der Waals surface area contributed by atoms with Crippen molar-refractivity contribution in [1.29, 1.82) is 0 Å². The van der Waals surface area contributed by atoms with E-state index in [1.54, 1.807) is 0 Å². The zero-order valence-electron chi connectivity index (χ0n) is 30.6. The smallest absolute Gasteiger partial charge is 0.135 e. The highest BCUT2D eigenvalue weighted by Crippen LogP contribution is 2.41. The normalized spacial score (nSPS) is 11.6. The molecule has 0 bridgehead atoms. The molecule has 0 atom stereocenters. The minimum atomic E-state index is 0.903. The third kappa shape index (κ3) is 5.59. The van der Waals surface area contributed by atoms with Gasteiger partial charge in [-0.3, -0.25) is 0 Å². The number of nitrogens with zero attached hydrogens (tertiary/aromatic N) is 1. The Kier molecular flexibility index (Phi) is 7.53. The highest BCUT2D eigenvalue weighted by molar-refractivity contribution is 6.09. The van der Waals surface area contributed by atoms with Crippen molar-refractivity contribution in [1.82, 2.24) is 0 Å². The number of benzene rings is 10. The Morgan fingerprint density at radius 2 is 0.786 bits per heavy atom. The predicted octanol–water partition coefficient (Wildman–Crippen LogP) is 15.5. The average Bonchev–Trinajstić information content (AvgIpc) is 3.65. The molecule has 0 aliphatic carbocycles. The summed E-state index contributed by atoms with van der Waals surface area (Å²) in [5.74, 6) is 0. The summed E-state index contributed by atoms with van der Waals surface area (Å²) in [5.41, 5.74) is 12.2. The second-order valence-electron chi connectivity index (χ2n) is 14.6. The SMILES string of the molecule is c1cc(-c2ccc3oc4ccccc4c3c2)cc(N(c2ccc(-c3ccc(-c4ccc5ccccc5c4)cc3)cc2)c2ccc3c(ccc4ccccc43)c2)c1. The van der Waals surface area contributed by atoms with Crippen molar-refractivity contribution in [2.45, 2.75) is 0 Å². The van der Waals surface area contributed by atoms with E-state index in [1.807, 2.05) is 12.1 Å². The summed E-state index contributed by atoms with van der Waals surface area (Å²) in [6, 6.07) is 76.7. The Morgan fingerprint density at radius 1 is 0.250 bits per heavy atom. The van der Waals surface area contributed by atoms with Crippen LogP contribution in [0.2, 0.25) is 0 Å². The van der Waals surface area contributed by atoms with Crippen LogP contribution in [0.4, 0.5) is 17.1 Å². The van der Waals surface area contributed by atoms with Crippen LogP contribution in [0.3, 0.4) is 0 Å². The van der Waals surface area contributed by atoms with Gasteiger partial charge in [0.15, 0.2) is 0 Å². The van der Waals surface area contributed by atoms with E-state index >= 15 is 0 Å². The Hall–Kier alpha value is -7.42. The zero-order valence-corrected chi connectivity index (χ0v) is 30.6. The molecule has 0 aliphatic rings. The first-order valence-corrected chi connectivity index (χ1v) is 19.2. The summed E-state index contributed by atoms with van der Waals surface area (Å²) in [6.07, 6.45) is 0. The van der Waals surface area contributed by atoms with Crippen LogP contribution in [0.25, 0.3) is 87.6 Å². The fraction of sp³-hybridized carbons (Fsp3) is 0. The average molecular weight is 714 g/mol. The predicted molar refractivity (Wildman–Crippen MR) is 237 cm³/mol. The molecule has 10 aromatic carbocycles. The highest BCUT2D eigenvalue weighted by atomic mass is 16.3. The fourth-order valence-electron chi connectivity index (χ4n) is 8.34. The third-order valence-electron chi connectivity index (χ3n) is 11.2. The molecule has 0 unspecified atom stereocenters. The standard InChI is InChI=1S/C54H35NO/c1-2-10-41-32-43(22-20-36(41)8-1)39-18-16-37(17-19-39)38-24-27-46(28-25-38)55(48-29-30-50-45(34-48)23-21-40-9-3-4-13-49(40)50)47-12-7-11-42(33-47)44-26-31-54-52(35-44)51-14-5-6-15-53(51)56-54/h1-35H. The van der Waals surface area contributed by atoms with E-state index in [9.17, 15) is 0 Å². The summed E-state index contributed by atoms with van der Waals surface area (Å²) in [7, 11) is 0. The van der Waals surface area contributed by atoms with Gasteiger partial charge in [0.2, 0.25) is 0 Å². The molecule has 56 heavy (non-hydrogen) atoms. The molecule has 0 aliphatic heterocycles. The van der Waals surface area contributed by atoms with Gasteiger partial charge in [0.1, 0.15) is 11.2 Å². The Labute approximate surface area is 325 Å². The molecule has 0 amide bonds. The van der Waals surface area contributed by atoms with Crippen molar-refractivity contribution < 1.29 is 4.42 Å². The minimum absolute atomic E-state index is 0.903. The molecular weight excluding hydrogens is 679 g/mol. The van der Waals surface area contributed by atoms with Crippen LogP contribution in [-0.4, -0.2) is 0 Å². The highest BCUT2D eigenvalue weighted by Gasteiger charge is 2.16. The number of rotatable bonds is 6. The summed E-state index contributed by atoms with van der Waals surface area (Å²) < 4.78 is 6.16. The monoisotopic (exact) mass is 713 g/mol. The van der Waals surface area contributed by atoms with Crippen molar-refractivity contribution in [3.05, 3.63) is 212 Å². The van der Waals surface area contributed by atoms with Gasteiger partial charge in [0.05, 0.1) is 0 Å². The molecule has 1 aromatic heterocycles. The van der Waals surface area contributed by atoms with Gasteiger partial charge in [-0.2, -0.15) is 0 Å². The maximum atomic E-state index is 6.16. The van der Waals surface area contributed by atoms with Crippen molar-refractivity contribution in [3.63, 3.8) is 0 Å². The number of furan rings is 1. The number of anilines is 3. The summed E-state index contributed by atoms with van der Waals surface area (Å²) >= 11 is 0. The zero-order chi connectivity index (χ0) is 37.0. The minimum Gasteiger partial charge on any atom is -0.456 e. The van der Waals surface area contributed by atoms with E-state index in [2.05, 4.69) is 205 Å². The molecule has 1 heterocycles. The Morgan fingerprint density at radius 3 is 1.62 bits per heavy atom. The quantitative estimate of drug-likeness (QED) is 0.160. The van der Waals surface area contributed by atoms with Crippen molar-refractivity contribution >= 4 is 71.3 Å². The number of para-hydroxylation sites is 1. The van der Waals surface area contributed by atoms with Crippen LogP contribution in [-0.2, 0) is 0 Å². The van der Waals surface area contributed by atoms with Gasteiger partial charge in [-0.25, -0.2) is 0 Å². The summed E-state index contributed by atoms with van der Waals surface area (Å²) in [5, 5.41) is 9.76. The van der Waals surface area contributed by atoms with Crippen molar-refractivity contribution in [2.75, 3.05) is 4.90 Å². The molecule has 0 N–H and O–H groups in total. The van der Waals surface area contributed by atoms with Crippen molar-refractivity contribution in [2.24, 2.45) is 0 Å². The van der Waals surface area contributed by atoms with E-state index < -0.39 is 0 Å². The first-order chi connectivity index (χ1) is 27.7. The van der Waals surface area contributed by atoms with Crippen LogP contribution < -0.4 is 4.90 Å². The first kappa shape index (κ1) is 32.0. The molecule has 0 spiro atoms. The molecule has 2 nitrogen and oxygen atoms in total. The van der Waals surface area contributed by atoms with Gasteiger partial charge < -0.3 is 9.32 Å². The van der Waals surface area contributed by atoms with E-state index in [0.29, 0.717) is 0 Å². The van der Waals surface area contributed by atoms with Crippen LogP contribution in [0.1, 0.15) is 0 Å². The van der Waals surface area contributed by atoms with Crippen LogP contribution >= 0.6 is 0 Å². The lowest BCUT2D eigenvalue weighted by molar-refractivity contribution is 0.669. The molecule has 262 valence electrons. The third-order valence-corrected chi connectivity index (χ3v) is 11.2. The van der Waals surface area contributed by atoms with E-state index in [-0.39, 0.29) is 0 Å². The molecular formula is C54H35NO. The molecule has 11 aromatic rings. The second kappa shape index (κ2) is 13.2. The largest absolute Gasteiger partial charge is 0.456 e. The van der Waals surface area contributed by atoms with Crippen molar-refractivity contribution in [3.8, 4) is 33.4 Å². The van der Waals surface area contributed by atoms with E-state index in [1.165, 1.54) is 54.6 Å². The van der Waals surface area contributed by atoms with E-state index in [4.69, 9.17) is 4.42 Å². The topological polar surface area (TPSA) is 16.4 Å². The van der Waals surface area contributed by atoms with Gasteiger partial charge in [0.25, 0.3) is 0 Å². The summed E-state index contributed by atoms with van der Waals surface area (Å²) in [6.45, 7) is 0. The van der Waals surface area contributed by atoms with Gasteiger partial charge in [0, 0.05) is 27.8 Å². The van der Waals surface area contributed by atoms with Gasteiger partial charge in [-0.05, 0) is 126 Å². The Balaban J connectivity index is 0.984. The second-order valence-corrected chi connectivity index (χ2v) is 14.6. The molecule has 11 rings (SSSR count). The van der Waals surface area contributed by atoms with Crippen LogP contribution in [0.5, 0.6) is 0 Å². The van der Waals surface area contributed by atoms with E-state index in [0.717, 1.165) is 50.1 Å². The summed E-state index contributed by atoms with van der Waals surface area (Å²) in [4.78, 5) is 2.37. The van der Waals surface area contributed by atoms with Crippen LogP contribution in [0, 0.1) is 0 Å². The van der Waals surface area contributed by atoms with Gasteiger partial charge >= 0.3 is 0 Å². The molecule has 0 radical (unpaired) electrons. The molecule has 2 heteroatoms. The lowest BCUT2D eigenvalue weighted by Crippen LogP contribution is -2.10. The molecule has 0 fully saturated rings. The maximum Gasteiger partial charge on any atom is 0.135 e. The number of hydrogen-bond acceptors (Lipinski definition) is 2. The number of fused-ring (bicyclic) bond motifs is 7. The lowest BCUT2D eigenvalue weighted by atomic mass is 9.98. The van der Waals surface area contributed by atoms with Crippen LogP contribution in [0.15, 0.2) is 217 Å². The molecule has 0 saturated heterocycles. The lowest BCUT2D eigenvalue weighted by Gasteiger charge is -2.27. The maximum absolute atomic E-state index is 6.16. The Bertz CT molecular complexity index is 3250. The molecule has 0 saturated carbocycles. The van der Waals surface area contributed by atoms with Gasteiger partial charge in [-0.15, -0.1) is 0 Å². The first-order valence-electron chi connectivity index (χ1n) is 19.2. The van der Waals surface area contributed by atoms with Gasteiger partial charge in [-0.1, -0.05) is 152 Å².